The number of halogens is 2. The van der Waals surface area contributed by atoms with E-state index in [1.807, 2.05) is 37.3 Å². The van der Waals surface area contributed by atoms with Gasteiger partial charge >= 0.3 is 0 Å². The molecule has 3 aromatic rings. The maximum absolute atomic E-state index is 13.5. The molecule has 0 spiro atoms. The lowest BCUT2D eigenvalue weighted by atomic mass is 9.76. The Kier molecular flexibility index (Phi) is 7.58. The Morgan fingerprint density at radius 1 is 1.17 bits per heavy atom. The lowest BCUT2D eigenvalue weighted by Gasteiger charge is -2.37. The number of anilines is 1. The van der Waals surface area contributed by atoms with E-state index < -0.39 is 0 Å². The van der Waals surface area contributed by atoms with Crippen LogP contribution in [0.5, 0.6) is 0 Å². The lowest BCUT2D eigenvalue weighted by molar-refractivity contribution is -0.118. The van der Waals surface area contributed by atoms with E-state index in [9.17, 15) is 9.18 Å². The largest absolute Gasteiger partial charge is 0.378 e. The molecule has 0 unspecified atom stereocenters. The molecule has 0 radical (unpaired) electrons. The third kappa shape index (κ3) is 5.57. The fraction of sp³-hybridized carbons (Fsp3) is 0.241. The van der Waals surface area contributed by atoms with Gasteiger partial charge in [-0.1, -0.05) is 58.4 Å². The van der Waals surface area contributed by atoms with Gasteiger partial charge in [0, 0.05) is 21.8 Å². The minimum Gasteiger partial charge on any atom is -0.378 e. The highest BCUT2D eigenvalue weighted by atomic mass is 79.9. The number of nitrogens with zero attached hydrogens (tertiary/aromatic N) is 1. The summed E-state index contributed by atoms with van der Waals surface area (Å²) in [7, 11) is 0. The van der Waals surface area contributed by atoms with Crippen molar-refractivity contribution < 1.29 is 9.18 Å². The molecule has 1 amide bonds. The number of hydrogen-bond acceptors (Lipinski definition) is 4. The molecule has 184 valence electrons. The molecular formula is C29H27BrFN3OS. The van der Waals surface area contributed by atoms with Crippen molar-refractivity contribution in [3.63, 3.8) is 0 Å². The lowest BCUT2D eigenvalue weighted by Crippen LogP contribution is -2.29. The average molecular weight is 565 g/mol. The zero-order chi connectivity index (χ0) is 25.1. The summed E-state index contributed by atoms with van der Waals surface area (Å²) in [5.41, 5.74) is 9.03. The van der Waals surface area contributed by atoms with Gasteiger partial charge in [0.1, 0.15) is 5.82 Å². The quantitative estimate of drug-likeness (QED) is 0.182. The van der Waals surface area contributed by atoms with Crippen molar-refractivity contribution in [3.8, 4) is 0 Å². The van der Waals surface area contributed by atoms with Gasteiger partial charge in [0.05, 0.1) is 17.5 Å². The summed E-state index contributed by atoms with van der Waals surface area (Å²) in [6, 6.07) is 21.3. The van der Waals surface area contributed by atoms with Crippen LogP contribution in [0.1, 0.15) is 47.6 Å². The van der Waals surface area contributed by atoms with Crippen LogP contribution in [0, 0.1) is 11.7 Å². The van der Waals surface area contributed by atoms with Crippen molar-refractivity contribution in [2.45, 2.75) is 31.1 Å². The Morgan fingerprint density at radius 3 is 2.81 bits per heavy atom. The second-order valence-corrected chi connectivity index (χ2v) is 11.1. The van der Waals surface area contributed by atoms with E-state index >= 15 is 0 Å². The van der Waals surface area contributed by atoms with E-state index in [-0.39, 0.29) is 23.7 Å². The molecule has 0 saturated heterocycles. The van der Waals surface area contributed by atoms with E-state index in [0.29, 0.717) is 11.7 Å². The van der Waals surface area contributed by atoms with Crippen molar-refractivity contribution in [2.24, 2.45) is 11.0 Å². The zero-order valence-electron chi connectivity index (χ0n) is 19.9. The number of thioether (sulfide) groups is 1. The van der Waals surface area contributed by atoms with Crippen molar-refractivity contribution in [1.29, 1.82) is 0 Å². The molecule has 3 aromatic carbocycles. The molecule has 4 nitrogen and oxygen atoms in total. The predicted molar refractivity (Wildman–Crippen MR) is 150 cm³/mol. The normalized spacial score (nSPS) is 20.4. The Hall–Kier alpha value is -2.90. The minimum atomic E-state index is -0.217. The Morgan fingerprint density at radius 2 is 2.00 bits per heavy atom. The average Bonchev–Trinajstić information content (AvgIpc) is 3.38. The van der Waals surface area contributed by atoms with Gasteiger partial charge in [0.15, 0.2) is 0 Å². The highest BCUT2D eigenvalue weighted by molar-refractivity contribution is 9.10. The topological polar surface area (TPSA) is 53.5 Å². The third-order valence-electron chi connectivity index (χ3n) is 6.75. The molecule has 7 heteroatoms. The summed E-state index contributed by atoms with van der Waals surface area (Å²) in [5, 5.41) is 8.04. The van der Waals surface area contributed by atoms with Gasteiger partial charge < -0.3 is 5.32 Å². The van der Waals surface area contributed by atoms with Crippen LogP contribution in [0.4, 0.5) is 10.1 Å². The molecule has 1 aliphatic carbocycles. The van der Waals surface area contributed by atoms with E-state index in [1.165, 1.54) is 23.3 Å². The zero-order valence-corrected chi connectivity index (χ0v) is 22.3. The summed E-state index contributed by atoms with van der Waals surface area (Å²) >= 11 is 5.03. The molecule has 0 bridgehead atoms. The Balaban J connectivity index is 1.24. The van der Waals surface area contributed by atoms with Gasteiger partial charge in [-0.25, -0.2) is 9.82 Å². The number of rotatable bonds is 7. The van der Waals surface area contributed by atoms with E-state index in [2.05, 4.69) is 68.2 Å². The van der Waals surface area contributed by atoms with Gasteiger partial charge in [-0.15, -0.1) is 11.8 Å². The number of benzene rings is 3. The fourth-order valence-corrected chi connectivity index (χ4v) is 6.16. The molecule has 3 atom stereocenters. The highest BCUT2D eigenvalue weighted by Gasteiger charge is 2.38. The van der Waals surface area contributed by atoms with E-state index in [4.69, 9.17) is 0 Å². The van der Waals surface area contributed by atoms with Crippen LogP contribution >= 0.6 is 27.7 Å². The van der Waals surface area contributed by atoms with Gasteiger partial charge in [-0.05, 0) is 77.9 Å². The number of amides is 1. The van der Waals surface area contributed by atoms with Crippen molar-refractivity contribution in [1.82, 2.24) is 5.43 Å². The number of nitrogens with one attached hydrogen (secondary N) is 2. The first-order valence-electron chi connectivity index (χ1n) is 12.0. The molecule has 2 N–H and O–H groups in total. The Labute approximate surface area is 223 Å². The summed E-state index contributed by atoms with van der Waals surface area (Å²) in [6.07, 6.45) is 5.49. The summed E-state index contributed by atoms with van der Waals surface area (Å²) in [5.74, 6) is 1.44. The highest BCUT2D eigenvalue weighted by Crippen LogP contribution is 2.49. The number of carbonyl (C=O) groups excluding carboxylic acids is 1. The molecule has 1 heterocycles. The van der Waals surface area contributed by atoms with Crippen molar-refractivity contribution in [3.05, 3.63) is 111 Å². The number of hydrogen-bond donors (Lipinski definition) is 2. The second-order valence-electron chi connectivity index (χ2n) is 9.18. The monoisotopic (exact) mass is 563 g/mol. The number of allylic oxidation sites excluding steroid dienone is 2. The molecule has 0 aromatic heterocycles. The predicted octanol–water partition coefficient (Wildman–Crippen LogP) is 7.19. The molecule has 1 aliphatic heterocycles. The number of carbonyl (C=O) groups is 1. The Bertz CT molecular complexity index is 1320. The smallest absolute Gasteiger partial charge is 0.250 e. The molecule has 2 aliphatic rings. The van der Waals surface area contributed by atoms with Gasteiger partial charge in [-0.3, -0.25) is 4.79 Å². The maximum atomic E-state index is 13.5. The third-order valence-corrected chi connectivity index (χ3v) is 8.25. The number of fused-ring (bicyclic) bond motifs is 3. The van der Waals surface area contributed by atoms with E-state index in [0.717, 1.165) is 39.2 Å². The molecule has 36 heavy (non-hydrogen) atoms. The SMILES string of the molecule is C/C(=N/NC(=O)CSCc1cccc(Br)c1)c1ccc2c(c1)[C@@H]1C=CC[C@@H]1[C@H](c1ccc(F)cc1)N2. The van der Waals surface area contributed by atoms with Crippen LogP contribution in [0.15, 0.2) is 88.5 Å². The van der Waals surface area contributed by atoms with Gasteiger partial charge in [0.25, 0.3) is 0 Å². The van der Waals surface area contributed by atoms with Crippen molar-refractivity contribution >= 4 is 45.0 Å². The van der Waals surface area contributed by atoms with Crippen LogP contribution < -0.4 is 10.7 Å². The standard InChI is InChI=1S/C29H27BrFN3OS/c1-18(33-34-28(35)17-36-16-19-4-2-5-22(30)14-19)21-10-13-27-26(15-21)24-6-3-7-25(24)29(32-27)20-8-11-23(31)12-9-20/h2-6,8-15,24-25,29,32H,7,16-17H2,1H3,(H,34,35)/b33-18-/t24-,25+,29+/m1/s1. The van der Waals surface area contributed by atoms with Crippen molar-refractivity contribution in [2.75, 3.05) is 11.1 Å². The maximum Gasteiger partial charge on any atom is 0.250 e. The number of hydrazone groups is 1. The first-order chi connectivity index (χ1) is 17.5. The van der Waals surface area contributed by atoms with E-state index in [1.54, 1.807) is 11.8 Å². The van der Waals surface area contributed by atoms with Gasteiger partial charge in [-0.2, -0.15) is 5.10 Å². The summed E-state index contributed by atoms with van der Waals surface area (Å²) in [4.78, 5) is 12.3. The molecule has 0 saturated carbocycles. The minimum absolute atomic E-state index is 0.116. The van der Waals surface area contributed by atoms with Crippen LogP contribution in [0.3, 0.4) is 0 Å². The van der Waals surface area contributed by atoms with Gasteiger partial charge in [0.2, 0.25) is 5.91 Å². The van der Waals surface area contributed by atoms with Crippen LogP contribution in [0.2, 0.25) is 0 Å². The molecular weight excluding hydrogens is 537 g/mol. The fourth-order valence-electron chi connectivity index (χ4n) is 4.95. The first kappa shape index (κ1) is 24.8. The molecule has 5 rings (SSSR count). The second kappa shape index (κ2) is 11.0. The van der Waals surface area contributed by atoms with Crippen LogP contribution in [-0.4, -0.2) is 17.4 Å². The summed E-state index contributed by atoms with van der Waals surface area (Å²) in [6.45, 7) is 1.91. The van der Waals surface area contributed by atoms with Crippen LogP contribution in [-0.2, 0) is 10.5 Å². The molecule has 0 fully saturated rings. The first-order valence-corrected chi connectivity index (χ1v) is 13.9. The summed E-state index contributed by atoms with van der Waals surface area (Å²) < 4.78 is 14.5. The van der Waals surface area contributed by atoms with Crippen LogP contribution in [0.25, 0.3) is 0 Å².